The van der Waals surface area contributed by atoms with Crippen molar-refractivity contribution in [1.29, 1.82) is 5.26 Å². The van der Waals surface area contributed by atoms with E-state index in [0.717, 1.165) is 17.5 Å². The second-order valence-electron chi connectivity index (χ2n) is 8.40. The van der Waals surface area contributed by atoms with Gasteiger partial charge in [-0.2, -0.15) is 5.26 Å². The number of amides is 2. The third-order valence-electron chi connectivity index (χ3n) is 4.95. The molecule has 7 heteroatoms. The topological polar surface area (TPSA) is 91.7 Å². The van der Waals surface area contributed by atoms with Crippen molar-refractivity contribution in [3.63, 3.8) is 0 Å². The number of benzene rings is 2. The van der Waals surface area contributed by atoms with E-state index in [9.17, 15) is 14.9 Å². The molecule has 1 heterocycles. The Morgan fingerprint density at radius 1 is 1.06 bits per heavy atom. The van der Waals surface area contributed by atoms with Crippen LogP contribution in [0.2, 0.25) is 0 Å². The fourth-order valence-corrected chi connectivity index (χ4v) is 3.39. The first-order valence-electron chi connectivity index (χ1n) is 10.2. The van der Waals surface area contributed by atoms with Gasteiger partial charge in [0.15, 0.2) is 0 Å². The highest BCUT2D eigenvalue weighted by molar-refractivity contribution is 5.94. The monoisotopic (exact) mass is 421 g/mol. The van der Waals surface area contributed by atoms with Gasteiger partial charge < -0.3 is 19.7 Å². The first-order valence-corrected chi connectivity index (χ1v) is 10.2. The van der Waals surface area contributed by atoms with Crippen LogP contribution in [0.1, 0.15) is 47.8 Å². The minimum absolute atomic E-state index is 0.261. The lowest BCUT2D eigenvalue weighted by molar-refractivity contribution is 0.0258. The molecule has 0 atom stereocenters. The van der Waals surface area contributed by atoms with Gasteiger partial charge in [0, 0.05) is 25.7 Å². The highest BCUT2D eigenvalue weighted by atomic mass is 16.6. The van der Waals surface area contributed by atoms with Crippen molar-refractivity contribution in [2.45, 2.75) is 39.2 Å². The van der Waals surface area contributed by atoms with Crippen LogP contribution in [-0.2, 0) is 17.6 Å². The van der Waals surface area contributed by atoms with E-state index >= 15 is 0 Å². The number of hydrogen-bond acceptors (Lipinski definition) is 5. The standard InChI is InChI=1S/C24H27N3O4/c1-24(2,3)31-23(29)27-11-9-16-5-7-20(14-17(16)10-12-27)30-21-8-6-18(22(28)26-4)13-19(21)15-25/h5-8,13-14H,9-12H2,1-4H3,(H,26,28). The number of rotatable bonds is 3. The highest BCUT2D eigenvalue weighted by Crippen LogP contribution is 2.29. The Balaban J connectivity index is 1.75. The largest absolute Gasteiger partial charge is 0.456 e. The van der Waals surface area contributed by atoms with Crippen LogP contribution in [0.25, 0.3) is 0 Å². The fourth-order valence-electron chi connectivity index (χ4n) is 3.39. The average molecular weight is 421 g/mol. The summed E-state index contributed by atoms with van der Waals surface area (Å²) in [5.74, 6) is 0.732. The maximum atomic E-state index is 12.4. The Labute approximate surface area is 182 Å². The average Bonchev–Trinajstić information content (AvgIpc) is 2.94. The molecule has 0 fully saturated rings. The molecule has 0 unspecified atom stereocenters. The summed E-state index contributed by atoms with van der Waals surface area (Å²) in [5, 5.41) is 12.0. The van der Waals surface area contributed by atoms with Crippen LogP contribution >= 0.6 is 0 Å². The molecule has 0 aromatic heterocycles. The maximum absolute atomic E-state index is 12.4. The van der Waals surface area contributed by atoms with Crippen molar-refractivity contribution in [1.82, 2.24) is 10.2 Å². The minimum Gasteiger partial charge on any atom is -0.456 e. The quantitative estimate of drug-likeness (QED) is 0.807. The molecule has 0 aliphatic carbocycles. The molecule has 0 saturated heterocycles. The van der Waals surface area contributed by atoms with Crippen LogP contribution in [0.4, 0.5) is 4.79 Å². The van der Waals surface area contributed by atoms with Gasteiger partial charge >= 0.3 is 6.09 Å². The zero-order valence-electron chi connectivity index (χ0n) is 18.3. The molecule has 2 aromatic carbocycles. The van der Waals surface area contributed by atoms with Crippen molar-refractivity contribution in [2.75, 3.05) is 20.1 Å². The fraction of sp³-hybridized carbons (Fsp3) is 0.375. The predicted octanol–water partition coefficient (Wildman–Crippen LogP) is 4.05. The molecule has 31 heavy (non-hydrogen) atoms. The van der Waals surface area contributed by atoms with Gasteiger partial charge in [0.2, 0.25) is 0 Å². The van der Waals surface area contributed by atoms with E-state index in [1.807, 2.05) is 39.0 Å². The number of fused-ring (bicyclic) bond motifs is 1. The summed E-state index contributed by atoms with van der Waals surface area (Å²) >= 11 is 0. The molecule has 7 nitrogen and oxygen atoms in total. The smallest absolute Gasteiger partial charge is 0.410 e. The zero-order valence-corrected chi connectivity index (χ0v) is 18.3. The lowest BCUT2D eigenvalue weighted by atomic mass is 10.0. The first-order chi connectivity index (χ1) is 14.7. The second-order valence-corrected chi connectivity index (χ2v) is 8.40. The van der Waals surface area contributed by atoms with E-state index in [4.69, 9.17) is 9.47 Å². The summed E-state index contributed by atoms with van der Waals surface area (Å²) in [6, 6.07) is 12.6. The zero-order chi connectivity index (χ0) is 22.6. The molecular weight excluding hydrogens is 394 g/mol. The Morgan fingerprint density at radius 2 is 1.77 bits per heavy atom. The SMILES string of the molecule is CNC(=O)c1ccc(Oc2ccc3c(c2)CCN(C(=O)OC(C)(C)C)CC3)c(C#N)c1. The Hall–Kier alpha value is -3.53. The number of carbonyl (C=O) groups is 2. The number of hydrogen-bond donors (Lipinski definition) is 1. The Morgan fingerprint density at radius 3 is 2.42 bits per heavy atom. The maximum Gasteiger partial charge on any atom is 0.410 e. The van der Waals surface area contributed by atoms with Crippen molar-refractivity contribution in [3.8, 4) is 17.6 Å². The normalized spacial score (nSPS) is 13.5. The van der Waals surface area contributed by atoms with Gasteiger partial charge in [-0.1, -0.05) is 6.07 Å². The van der Waals surface area contributed by atoms with Crippen LogP contribution in [-0.4, -0.2) is 42.6 Å². The molecule has 0 spiro atoms. The van der Waals surface area contributed by atoms with Gasteiger partial charge in [-0.15, -0.1) is 0 Å². The molecule has 2 aromatic rings. The van der Waals surface area contributed by atoms with Crippen molar-refractivity contribution in [3.05, 3.63) is 58.7 Å². The number of nitrogens with zero attached hydrogens (tertiary/aromatic N) is 2. The highest BCUT2D eigenvalue weighted by Gasteiger charge is 2.24. The van der Waals surface area contributed by atoms with E-state index in [1.165, 1.54) is 6.07 Å². The van der Waals surface area contributed by atoms with Gasteiger partial charge in [-0.3, -0.25) is 4.79 Å². The summed E-state index contributed by atoms with van der Waals surface area (Å²) in [6.45, 7) is 6.74. The summed E-state index contributed by atoms with van der Waals surface area (Å²) < 4.78 is 11.5. The third kappa shape index (κ3) is 5.54. The van der Waals surface area contributed by atoms with E-state index in [0.29, 0.717) is 36.6 Å². The van der Waals surface area contributed by atoms with Gasteiger partial charge in [0.05, 0.1) is 5.56 Å². The molecular formula is C24H27N3O4. The molecule has 1 aliphatic heterocycles. The predicted molar refractivity (Wildman–Crippen MR) is 116 cm³/mol. The van der Waals surface area contributed by atoms with Crippen LogP contribution < -0.4 is 10.1 Å². The molecule has 0 bridgehead atoms. The van der Waals surface area contributed by atoms with Crippen LogP contribution in [0.5, 0.6) is 11.5 Å². The number of ether oxygens (including phenoxy) is 2. The summed E-state index contributed by atoms with van der Waals surface area (Å²) in [5.41, 5.74) is 2.42. The molecule has 0 radical (unpaired) electrons. The molecule has 2 amide bonds. The van der Waals surface area contributed by atoms with Gasteiger partial charge in [-0.05, 0) is 75.1 Å². The van der Waals surface area contributed by atoms with Gasteiger partial charge in [0.1, 0.15) is 23.2 Å². The van der Waals surface area contributed by atoms with Crippen molar-refractivity contribution in [2.24, 2.45) is 0 Å². The lowest BCUT2D eigenvalue weighted by Crippen LogP contribution is -2.38. The summed E-state index contributed by atoms with van der Waals surface area (Å²) in [4.78, 5) is 25.9. The summed E-state index contributed by atoms with van der Waals surface area (Å²) in [6.07, 6.45) is 1.12. The van der Waals surface area contributed by atoms with Gasteiger partial charge in [0.25, 0.3) is 5.91 Å². The third-order valence-corrected chi connectivity index (χ3v) is 4.95. The molecule has 0 saturated carbocycles. The van der Waals surface area contributed by atoms with Gasteiger partial charge in [-0.25, -0.2) is 4.79 Å². The van der Waals surface area contributed by atoms with Crippen LogP contribution in [0, 0.1) is 11.3 Å². The minimum atomic E-state index is -0.525. The van der Waals surface area contributed by atoms with Crippen LogP contribution in [0.15, 0.2) is 36.4 Å². The number of carbonyl (C=O) groups excluding carboxylic acids is 2. The van der Waals surface area contributed by atoms with Crippen LogP contribution in [0.3, 0.4) is 0 Å². The summed E-state index contributed by atoms with van der Waals surface area (Å²) in [7, 11) is 1.54. The van der Waals surface area contributed by atoms with E-state index in [-0.39, 0.29) is 17.6 Å². The van der Waals surface area contributed by atoms with E-state index in [1.54, 1.807) is 24.1 Å². The lowest BCUT2D eigenvalue weighted by Gasteiger charge is -2.26. The molecule has 1 aliphatic rings. The Bertz CT molecular complexity index is 1030. The Kier molecular flexibility index (Phi) is 6.50. The molecule has 162 valence electrons. The van der Waals surface area contributed by atoms with E-state index < -0.39 is 5.60 Å². The molecule has 3 rings (SSSR count). The number of nitriles is 1. The number of nitrogens with one attached hydrogen (secondary N) is 1. The van der Waals surface area contributed by atoms with E-state index in [2.05, 4.69) is 11.4 Å². The first kappa shape index (κ1) is 22.2. The second kappa shape index (κ2) is 9.09. The van der Waals surface area contributed by atoms with Crippen molar-refractivity contribution >= 4 is 12.0 Å². The molecule has 1 N–H and O–H groups in total. The van der Waals surface area contributed by atoms with Crippen molar-refractivity contribution < 1.29 is 19.1 Å².